The van der Waals surface area contributed by atoms with E-state index in [0.717, 1.165) is 24.8 Å². The van der Waals surface area contributed by atoms with E-state index in [9.17, 15) is 24.6 Å². The first-order valence-electron chi connectivity index (χ1n) is 13.9. The molecule has 0 radical (unpaired) electrons. The number of ether oxygens (including phenoxy) is 2. The van der Waals surface area contributed by atoms with E-state index in [1.165, 1.54) is 32.3 Å². The van der Waals surface area contributed by atoms with Crippen LogP contribution in [0.3, 0.4) is 0 Å². The third-order valence-corrected chi connectivity index (χ3v) is 8.55. The zero-order valence-corrected chi connectivity index (χ0v) is 25.2. The van der Waals surface area contributed by atoms with Crippen molar-refractivity contribution < 1.29 is 38.5 Å². The first kappa shape index (κ1) is 31.0. The number of aliphatic hydroxyl groups is 2. The molecular formula is C30H37IN2O8. The lowest BCUT2D eigenvalue weighted by Gasteiger charge is -2.40. The Balaban J connectivity index is 1.66. The number of amides is 2. The van der Waals surface area contributed by atoms with Crippen molar-refractivity contribution in [3.05, 3.63) is 57.1 Å². The van der Waals surface area contributed by atoms with E-state index in [0.29, 0.717) is 44.8 Å². The van der Waals surface area contributed by atoms with Gasteiger partial charge < -0.3 is 34.3 Å². The van der Waals surface area contributed by atoms with E-state index in [2.05, 4.69) is 5.32 Å². The molecule has 3 N–H and O–H groups in total. The number of carbonyl (C=O) groups excluding carboxylic acids is 3. The highest BCUT2D eigenvalue weighted by Crippen LogP contribution is 2.37. The Kier molecular flexibility index (Phi) is 11.2. The van der Waals surface area contributed by atoms with Crippen LogP contribution in [0.15, 0.2) is 46.8 Å². The molecule has 0 spiro atoms. The molecule has 4 rings (SSSR count). The predicted molar refractivity (Wildman–Crippen MR) is 159 cm³/mol. The molecule has 1 aromatic carbocycles. The lowest BCUT2D eigenvalue weighted by Crippen LogP contribution is -2.54. The second kappa shape index (κ2) is 14.8. The summed E-state index contributed by atoms with van der Waals surface area (Å²) in [7, 11) is 1.45. The predicted octanol–water partition coefficient (Wildman–Crippen LogP) is 3.62. The van der Waals surface area contributed by atoms with Gasteiger partial charge in [-0.3, -0.25) is 14.4 Å². The third kappa shape index (κ3) is 7.89. The first-order chi connectivity index (χ1) is 19.8. The van der Waals surface area contributed by atoms with Gasteiger partial charge in [-0.25, -0.2) is 0 Å². The summed E-state index contributed by atoms with van der Waals surface area (Å²) in [6.07, 6.45) is 8.99. The van der Waals surface area contributed by atoms with Crippen molar-refractivity contribution in [1.82, 2.24) is 10.2 Å². The largest absolute Gasteiger partial charge is 0.493 e. The molecule has 1 aromatic heterocycles. The van der Waals surface area contributed by atoms with Crippen molar-refractivity contribution in [3.8, 4) is 11.5 Å². The van der Waals surface area contributed by atoms with Crippen LogP contribution in [0, 0.1) is 9.49 Å². The SMILES string of the molecule is COc1cc(C=O)cc(I)c1O[C@H]1C=C(C(=O)NCCO)C[C@@H](N(Cc2ccoc2)C(=O)CCC2CCCC2)[C@@H]1O. The van der Waals surface area contributed by atoms with Gasteiger partial charge in [0.15, 0.2) is 11.5 Å². The number of methoxy groups -OCH3 is 1. The standard InChI is InChI=1S/C30H37IN2O8/c1-39-26-13-21(17-35)12-23(31)29(26)41-25-15-22(30(38)32-9-10-34)14-24(28(25)37)33(16-20-8-11-40-18-20)27(36)7-6-19-4-2-3-5-19/h8,11-13,15,17-19,24-25,28,34,37H,2-7,9-10,14,16H2,1H3,(H,32,38)/t24-,25+,28+/m1/s1. The van der Waals surface area contributed by atoms with Gasteiger partial charge in [-0.15, -0.1) is 0 Å². The molecule has 3 atom stereocenters. The van der Waals surface area contributed by atoms with Crippen LogP contribution in [0.2, 0.25) is 0 Å². The zero-order valence-electron chi connectivity index (χ0n) is 23.1. The second-order valence-electron chi connectivity index (χ2n) is 10.5. The molecule has 1 heterocycles. The highest BCUT2D eigenvalue weighted by Gasteiger charge is 2.41. The molecule has 0 saturated heterocycles. The fourth-order valence-corrected chi connectivity index (χ4v) is 6.33. The van der Waals surface area contributed by atoms with Crippen molar-refractivity contribution >= 4 is 40.7 Å². The monoisotopic (exact) mass is 680 g/mol. The molecule has 1 saturated carbocycles. The van der Waals surface area contributed by atoms with Crippen LogP contribution in [-0.4, -0.2) is 71.7 Å². The van der Waals surface area contributed by atoms with Crippen LogP contribution in [0.1, 0.15) is 60.9 Å². The maximum Gasteiger partial charge on any atom is 0.247 e. The minimum absolute atomic E-state index is 0.0624. The van der Waals surface area contributed by atoms with Crippen molar-refractivity contribution in [2.45, 2.75) is 69.7 Å². The van der Waals surface area contributed by atoms with E-state index >= 15 is 0 Å². The maximum atomic E-state index is 13.7. The van der Waals surface area contributed by atoms with Crippen molar-refractivity contribution in [1.29, 1.82) is 0 Å². The van der Waals surface area contributed by atoms with E-state index in [4.69, 9.17) is 13.9 Å². The minimum Gasteiger partial charge on any atom is -0.493 e. The van der Waals surface area contributed by atoms with Crippen LogP contribution >= 0.6 is 22.6 Å². The fraction of sp³-hybridized carbons (Fsp3) is 0.500. The van der Waals surface area contributed by atoms with Gasteiger partial charge in [0.25, 0.3) is 0 Å². The Morgan fingerprint density at radius 3 is 2.71 bits per heavy atom. The van der Waals surface area contributed by atoms with Crippen LogP contribution in [0.5, 0.6) is 11.5 Å². The first-order valence-corrected chi connectivity index (χ1v) is 15.0. The second-order valence-corrected chi connectivity index (χ2v) is 11.7. The normalized spacial score (nSPS) is 20.8. The van der Waals surface area contributed by atoms with Crippen molar-refractivity contribution in [2.24, 2.45) is 5.92 Å². The number of hydrogen-bond donors (Lipinski definition) is 3. The molecule has 0 aliphatic heterocycles. The van der Waals surface area contributed by atoms with Gasteiger partial charge in [0.05, 0.1) is 35.9 Å². The summed E-state index contributed by atoms with van der Waals surface area (Å²) in [6, 6.07) is 4.17. The van der Waals surface area contributed by atoms with Gasteiger partial charge in [0, 0.05) is 42.6 Å². The third-order valence-electron chi connectivity index (χ3n) is 7.75. The molecule has 222 valence electrons. The van der Waals surface area contributed by atoms with E-state index < -0.39 is 24.2 Å². The summed E-state index contributed by atoms with van der Waals surface area (Å²) < 4.78 is 17.6. The molecule has 2 aliphatic carbocycles. The minimum atomic E-state index is -1.18. The molecule has 2 amide bonds. The lowest BCUT2D eigenvalue weighted by molar-refractivity contribution is -0.139. The molecule has 2 aliphatic rings. The van der Waals surface area contributed by atoms with Crippen molar-refractivity contribution in [2.75, 3.05) is 20.3 Å². The summed E-state index contributed by atoms with van der Waals surface area (Å²) in [5, 5.41) is 23.6. The Labute approximate surface area is 253 Å². The van der Waals surface area contributed by atoms with Crippen LogP contribution in [0.4, 0.5) is 0 Å². The van der Waals surface area contributed by atoms with Gasteiger partial charge in [-0.1, -0.05) is 25.7 Å². The number of aliphatic hydroxyl groups excluding tert-OH is 2. The summed E-state index contributed by atoms with van der Waals surface area (Å²) >= 11 is 2.02. The molecule has 0 unspecified atom stereocenters. The summed E-state index contributed by atoms with van der Waals surface area (Å²) in [4.78, 5) is 39.8. The molecular weight excluding hydrogens is 643 g/mol. The molecule has 11 heteroatoms. The summed E-state index contributed by atoms with van der Waals surface area (Å²) in [6.45, 7) is 0.0392. The Morgan fingerprint density at radius 1 is 1.27 bits per heavy atom. The highest BCUT2D eigenvalue weighted by atomic mass is 127. The van der Waals surface area contributed by atoms with Gasteiger partial charge in [-0.05, 0) is 59.2 Å². The number of benzene rings is 1. The number of hydrogen-bond acceptors (Lipinski definition) is 8. The van der Waals surface area contributed by atoms with Gasteiger partial charge in [0.1, 0.15) is 18.5 Å². The fourth-order valence-electron chi connectivity index (χ4n) is 5.58. The summed E-state index contributed by atoms with van der Waals surface area (Å²) in [5.74, 6) is 0.606. The molecule has 10 nitrogen and oxygen atoms in total. The summed E-state index contributed by atoms with van der Waals surface area (Å²) in [5.41, 5.74) is 1.50. The lowest BCUT2D eigenvalue weighted by atomic mass is 9.87. The number of rotatable bonds is 13. The Hall–Kier alpha value is -2.90. The van der Waals surface area contributed by atoms with Gasteiger partial charge in [0.2, 0.25) is 11.8 Å². The average molecular weight is 681 g/mol. The smallest absolute Gasteiger partial charge is 0.247 e. The van der Waals surface area contributed by atoms with E-state index in [-0.39, 0.29) is 32.0 Å². The van der Waals surface area contributed by atoms with Crippen LogP contribution < -0.4 is 14.8 Å². The van der Waals surface area contributed by atoms with Crippen molar-refractivity contribution in [3.63, 3.8) is 0 Å². The average Bonchev–Trinajstić information content (AvgIpc) is 3.70. The van der Waals surface area contributed by atoms with Crippen LogP contribution in [-0.2, 0) is 16.1 Å². The molecule has 0 bridgehead atoms. The zero-order chi connectivity index (χ0) is 29.4. The van der Waals surface area contributed by atoms with Gasteiger partial charge >= 0.3 is 0 Å². The number of aldehydes is 1. The topological polar surface area (TPSA) is 139 Å². The van der Waals surface area contributed by atoms with E-state index in [1.54, 1.807) is 29.4 Å². The number of halogens is 1. The molecule has 1 fully saturated rings. The van der Waals surface area contributed by atoms with Gasteiger partial charge in [-0.2, -0.15) is 0 Å². The highest BCUT2D eigenvalue weighted by molar-refractivity contribution is 14.1. The maximum absolute atomic E-state index is 13.7. The van der Waals surface area contributed by atoms with E-state index in [1.807, 2.05) is 22.6 Å². The Bertz CT molecular complexity index is 1230. The Morgan fingerprint density at radius 2 is 2.05 bits per heavy atom. The van der Waals surface area contributed by atoms with Crippen LogP contribution in [0.25, 0.3) is 0 Å². The number of nitrogens with one attached hydrogen (secondary N) is 1. The number of nitrogens with zero attached hydrogens (tertiary/aromatic N) is 1. The molecule has 41 heavy (non-hydrogen) atoms. The number of carbonyl (C=O) groups is 3. The number of furan rings is 1. The quantitative estimate of drug-likeness (QED) is 0.216. The molecule has 2 aromatic rings.